The Labute approximate surface area is 131 Å². The molecular weight excluding hydrogens is 310 g/mol. The highest BCUT2D eigenvalue weighted by Crippen LogP contribution is 2.21. The molecule has 22 heavy (non-hydrogen) atoms. The Morgan fingerprint density at radius 2 is 2.09 bits per heavy atom. The van der Waals surface area contributed by atoms with Crippen molar-refractivity contribution in [1.29, 1.82) is 0 Å². The fourth-order valence-corrected chi connectivity index (χ4v) is 4.18. The maximum atomic E-state index is 12.5. The number of carbonyl (C=O) groups excluding carboxylic acids is 1. The van der Waals surface area contributed by atoms with Crippen molar-refractivity contribution in [1.82, 2.24) is 4.90 Å². The number of sulfone groups is 1. The number of aliphatic carboxylic acids is 1. The number of carboxylic acid groups (broad SMARTS) is 1. The van der Waals surface area contributed by atoms with Crippen molar-refractivity contribution in [2.45, 2.75) is 26.7 Å². The molecule has 0 bridgehead atoms. The molecule has 0 aromatic rings. The lowest BCUT2D eigenvalue weighted by Crippen LogP contribution is -2.41. The van der Waals surface area contributed by atoms with Gasteiger partial charge in [-0.15, -0.1) is 0 Å². The third-order valence-corrected chi connectivity index (χ3v) is 5.50. The molecule has 1 rings (SSSR count). The normalized spacial score (nSPS) is 21.5. The van der Waals surface area contributed by atoms with Crippen molar-refractivity contribution in [3.05, 3.63) is 0 Å². The van der Waals surface area contributed by atoms with E-state index in [-0.39, 0.29) is 24.0 Å². The Balaban J connectivity index is 2.66. The molecule has 128 valence electrons. The molecule has 1 saturated heterocycles. The van der Waals surface area contributed by atoms with E-state index in [0.29, 0.717) is 32.6 Å². The second-order valence-corrected chi connectivity index (χ2v) is 7.90. The first kappa shape index (κ1) is 18.9. The van der Waals surface area contributed by atoms with E-state index in [4.69, 9.17) is 9.84 Å². The Hall–Kier alpha value is -1.15. The largest absolute Gasteiger partial charge is 0.481 e. The third kappa shape index (κ3) is 5.92. The average molecular weight is 335 g/mol. The second kappa shape index (κ2) is 8.47. The van der Waals surface area contributed by atoms with Crippen molar-refractivity contribution >= 4 is 21.7 Å². The van der Waals surface area contributed by atoms with Crippen molar-refractivity contribution in [2.75, 3.05) is 37.8 Å². The number of carboxylic acids is 1. The highest BCUT2D eigenvalue weighted by atomic mass is 32.2. The van der Waals surface area contributed by atoms with Gasteiger partial charge in [0.1, 0.15) is 0 Å². The summed E-state index contributed by atoms with van der Waals surface area (Å²) in [6, 6.07) is 0. The van der Waals surface area contributed by atoms with Gasteiger partial charge in [0.2, 0.25) is 5.91 Å². The number of nitrogens with zero attached hydrogens (tertiary/aromatic N) is 1. The van der Waals surface area contributed by atoms with Gasteiger partial charge in [-0.25, -0.2) is 8.42 Å². The van der Waals surface area contributed by atoms with Crippen molar-refractivity contribution in [3.8, 4) is 0 Å². The molecule has 1 heterocycles. The maximum absolute atomic E-state index is 12.5. The van der Waals surface area contributed by atoms with E-state index >= 15 is 0 Å². The number of rotatable bonds is 9. The van der Waals surface area contributed by atoms with Gasteiger partial charge in [-0.1, -0.05) is 6.92 Å². The van der Waals surface area contributed by atoms with Gasteiger partial charge in [0.05, 0.1) is 23.3 Å². The lowest BCUT2D eigenvalue weighted by molar-refractivity contribution is -0.143. The molecule has 2 atom stereocenters. The Bertz CT molecular complexity index is 490. The van der Waals surface area contributed by atoms with E-state index < -0.39 is 27.6 Å². The predicted octanol–water partition coefficient (Wildman–Crippen LogP) is 0.397. The summed E-state index contributed by atoms with van der Waals surface area (Å²) >= 11 is 0. The molecule has 0 spiro atoms. The van der Waals surface area contributed by atoms with Gasteiger partial charge in [-0.3, -0.25) is 9.59 Å². The Morgan fingerprint density at radius 1 is 1.41 bits per heavy atom. The monoisotopic (exact) mass is 335 g/mol. The zero-order valence-corrected chi connectivity index (χ0v) is 14.0. The Morgan fingerprint density at radius 3 is 2.59 bits per heavy atom. The first-order chi connectivity index (χ1) is 10.3. The summed E-state index contributed by atoms with van der Waals surface area (Å²) in [6.45, 7) is 4.96. The van der Waals surface area contributed by atoms with Crippen LogP contribution in [0.25, 0.3) is 0 Å². The summed E-state index contributed by atoms with van der Waals surface area (Å²) in [7, 11) is -3.14. The van der Waals surface area contributed by atoms with E-state index in [0.717, 1.165) is 0 Å². The lowest BCUT2D eigenvalue weighted by Gasteiger charge is -2.27. The fraction of sp³-hybridized carbons (Fsp3) is 0.857. The van der Waals surface area contributed by atoms with Crippen molar-refractivity contribution in [3.63, 3.8) is 0 Å². The van der Waals surface area contributed by atoms with Crippen LogP contribution >= 0.6 is 0 Å². The Kier molecular flexibility index (Phi) is 7.28. The summed E-state index contributed by atoms with van der Waals surface area (Å²) < 4.78 is 28.3. The van der Waals surface area contributed by atoms with Crippen LogP contribution in [0.5, 0.6) is 0 Å². The first-order valence-electron chi connectivity index (χ1n) is 7.56. The smallest absolute Gasteiger partial charge is 0.308 e. The van der Waals surface area contributed by atoms with E-state index in [1.54, 1.807) is 0 Å². The van der Waals surface area contributed by atoms with Gasteiger partial charge in [-0.05, 0) is 19.8 Å². The molecule has 8 heteroatoms. The molecule has 1 N–H and O–H groups in total. The standard InChI is InChI=1S/C14H25NO6S/c1-3-21-7-4-6-15(9-11(2)14(17)18)13(16)12-5-8-22(19,20)10-12/h11-12H,3-10H2,1-2H3,(H,17,18). The lowest BCUT2D eigenvalue weighted by atomic mass is 10.1. The molecule has 1 aliphatic rings. The predicted molar refractivity (Wildman–Crippen MR) is 81.3 cm³/mol. The van der Waals surface area contributed by atoms with Gasteiger partial charge in [0.25, 0.3) is 0 Å². The minimum Gasteiger partial charge on any atom is -0.481 e. The summed E-state index contributed by atoms with van der Waals surface area (Å²) in [4.78, 5) is 25.0. The van der Waals surface area contributed by atoms with E-state index in [1.807, 2.05) is 6.92 Å². The topological polar surface area (TPSA) is 101 Å². The van der Waals surface area contributed by atoms with Crippen LogP contribution in [0.3, 0.4) is 0 Å². The van der Waals surface area contributed by atoms with Gasteiger partial charge in [0.15, 0.2) is 9.84 Å². The molecule has 2 unspecified atom stereocenters. The van der Waals surface area contributed by atoms with Crippen molar-refractivity contribution < 1.29 is 27.9 Å². The summed E-state index contributed by atoms with van der Waals surface area (Å²) in [6.07, 6.45) is 0.927. The molecule has 0 aromatic carbocycles. The maximum Gasteiger partial charge on any atom is 0.308 e. The number of ether oxygens (including phenoxy) is 1. The zero-order chi connectivity index (χ0) is 16.8. The quantitative estimate of drug-likeness (QED) is 0.612. The number of amides is 1. The highest BCUT2D eigenvalue weighted by Gasteiger charge is 2.35. The third-order valence-electron chi connectivity index (χ3n) is 3.73. The molecule has 1 amide bonds. The fourth-order valence-electron chi connectivity index (χ4n) is 2.45. The number of carbonyl (C=O) groups is 2. The summed E-state index contributed by atoms with van der Waals surface area (Å²) in [5.41, 5.74) is 0. The molecule has 0 saturated carbocycles. The summed E-state index contributed by atoms with van der Waals surface area (Å²) in [5, 5.41) is 9.01. The van der Waals surface area contributed by atoms with Gasteiger partial charge in [0, 0.05) is 26.3 Å². The SMILES string of the molecule is CCOCCCN(CC(C)C(=O)O)C(=O)C1CCS(=O)(=O)C1. The van der Waals surface area contributed by atoms with Gasteiger partial charge >= 0.3 is 5.97 Å². The number of hydrogen-bond acceptors (Lipinski definition) is 5. The molecule has 7 nitrogen and oxygen atoms in total. The minimum atomic E-state index is -3.14. The van der Waals surface area contributed by atoms with Crippen molar-refractivity contribution in [2.24, 2.45) is 11.8 Å². The van der Waals surface area contributed by atoms with Crippen LogP contribution in [0.4, 0.5) is 0 Å². The van der Waals surface area contributed by atoms with Crippen LogP contribution in [-0.2, 0) is 24.2 Å². The van der Waals surface area contributed by atoms with Crippen LogP contribution in [0, 0.1) is 11.8 Å². The van der Waals surface area contributed by atoms with Crippen LogP contribution in [0.2, 0.25) is 0 Å². The molecule has 1 fully saturated rings. The number of hydrogen-bond donors (Lipinski definition) is 1. The van der Waals surface area contributed by atoms with E-state index in [1.165, 1.54) is 11.8 Å². The van der Waals surface area contributed by atoms with Crippen LogP contribution in [0.1, 0.15) is 26.7 Å². The minimum absolute atomic E-state index is 0.0324. The second-order valence-electron chi connectivity index (χ2n) is 5.67. The average Bonchev–Trinajstić information content (AvgIpc) is 2.81. The molecule has 0 aromatic heterocycles. The summed E-state index contributed by atoms with van der Waals surface area (Å²) in [5.74, 6) is -2.56. The zero-order valence-electron chi connectivity index (χ0n) is 13.2. The van der Waals surface area contributed by atoms with Crippen LogP contribution in [0.15, 0.2) is 0 Å². The molecule has 1 aliphatic heterocycles. The van der Waals surface area contributed by atoms with E-state index in [9.17, 15) is 18.0 Å². The van der Waals surface area contributed by atoms with Crippen LogP contribution < -0.4 is 0 Å². The van der Waals surface area contributed by atoms with Gasteiger partial charge in [-0.2, -0.15) is 0 Å². The van der Waals surface area contributed by atoms with Crippen LogP contribution in [-0.4, -0.2) is 68.1 Å². The molecule has 0 radical (unpaired) electrons. The van der Waals surface area contributed by atoms with Gasteiger partial charge < -0.3 is 14.7 Å². The highest BCUT2D eigenvalue weighted by molar-refractivity contribution is 7.91. The first-order valence-corrected chi connectivity index (χ1v) is 9.38. The molecular formula is C14H25NO6S. The molecule has 0 aliphatic carbocycles. The van der Waals surface area contributed by atoms with E-state index in [2.05, 4.69) is 0 Å².